The number of hydrogen-bond donors (Lipinski definition) is 2. The molecular formula is C32H37F3N2O6S. The second-order valence-corrected chi connectivity index (χ2v) is 13.8. The molecule has 1 unspecified atom stereocenters. The predicted octanol–water partition coefficient (Wildman–Crippen LogP) is 5.83. The largest absolute Gasteiger partial charge is 0.489 e. The average molecular weight is 635 g/mol. The SMILES string of the molecule is CC(C)Cc1cc(S(=O)(=O)NC(Cc2ccc(OCc3ccc(C(F)(F)F)cc3)cc2)[C@H]2COC(C)(C)N2)cc2c1OCO2. The molecule has 0 aliphatic carbocycles. The number of halogens is 3. The molecule has 0 spiro atoms. The second kappa shape index (κ2) is 12.6. The van der Waals surface area contributed by atoms with E-state index in [0.717, 1.165) is 23.3 Å². The number of fused-ring (bicyclic) bond motifs is 1. The number of alkyl halides is 3. The Morgan fingerprint density at radius 3 is 2.30 bits per heavy atom. The van der Waals surface area contributed by atoms with E-state index in [-0.39, 0.29) is 30.3 Å². The van der Waals surface area contributed by atoms with Crippen molar-refractivity contribution in [1.29, 1.82) is 0 Å². The van der Waals surface area contributed by atoms with E-state index in [1.807, 2.05) is 26.0 Å². The Morgan fingerprint density at radius 2 is 1.68 bits per heavy atom. The highest BCUT2D eigenvalue weighted by Crippen LogP contribution is 2.39. The third-order valence-electron chi connectivity index (χ3n) is 7.48. The third kappa shape index (κ3) is 7.84. The summed E-state index contributed by atoms with van der Waals surface area (Å²) in [4.78, 5) is 0.104. The van der Waals surface area contributed by atoms with Crippen LogP contribution in [0.5, 0.6) is 17.2 Å². The van der Waals surface area contributed by atoms with Crippen LogP contribution >= 0.6 is 0 Å². The molecule has 5 rings (SSSR count). The van der Waals surface area contributed by atoms with E-state index in [0.29, 0.717) is 42.3 Å². The molecule has 3 aromatic rings. The van der Waals surface area contributed by atoms with Crippen LogP contribution in [0.1, 0.15) is 49.9 Å². The van der Waals surface area contributed by atoms with Crippen LogP contribution in [0.25, 0.3) is 0 Å². The van der Waals surface area contributed by atoms with Crippen LogP contribution in [0.15, 0.2) is 65.6 Å². The zero-order valence-corrected chi connectivity index (χ0v) is 25.8. The van der Waals surface area contributed by atoms with E-state index in [1.54, 1.807) is 18.2 Å². The maximum atomic E-state index is 13.8. The lowest BCUT2D eigenvalue weighted by Gasteiger charge is -2.26. The molecule has 238 valence electrons. The van der Waals surface area contributed by atoms with E-state index in [9.17, 15) is 21.6 Å². The van der Waals surface area contributed by atoms with Crippen LogP contribution in [0, 0.1) is 5.92 Å². The summed E-state index contributed by atoms with van der Waals surface area (Å²) in [7, 11) is -3.97. The molecule has 3 aromatic carbocycles. The van der Waals surface area contributed by atoms with Crippen molar-refractivity contribution >= 4 is 10.0 Å². The summed E-state index contributed by atoms with van der Waals surface area (Å²) in [5, 5.41) is 3.38. The summed E-state index contributed by atoms with van der Waals surface area (Å²) >= 11 is 0. The Morgan fingerprint density at radius 1 is 1.00 bits per heavy atom. The number of nitrogens with one attached hydrogen (secondary N) is 2. The number of ether oxygens (including phenoxy) is 4. The van der Waals surface area contributed by atoms with E-state index in [2.05, 4.69) is 23.9 Å². The minimum absolute atomic E-state index is 0.0441. The van der Waals surface area contributed by atoms with Gasteiger partial charge in [0.2, 0.25) is 16.8 Å². The van der Waals surface area contributed by atoms with Gasteiger partial charge in [0.05, 0.1) is 17.1 Å². The maximum absolute atomic E-state index is 13.8. The van der Waals surface area contributed by atoms with Gasteiger partial charge in [-0.05, 0) is 79.6 Å². The molecule has 44 heavy (non-hydrogen) atoms. The number of sulfonamides is 1. The van der Waals surface area contributed by atoms with Crippen molar-refractivity contribution in [2.45, 2.75) is 76.0 Å². The van der Waals surface area contributed by atoms with Gasteiger partial charge in [-0.3, -0.25) is 5.32 Å². The highest BCUT2D eigenvalue weighted by molar-refractivity contribution is 7.89. The molecule has 2 atom stereocenters. The lowest BCUT2D eigenvalue weighted by Crippen LogP contribution is -2.52. The van der Waals surface area contributed by atoms with Gasteiger partial charge in [-0.15, -0.1) is 0 Å². The van der Waals surface area contributed by atoms with Gasteiger partial charge in [0.15, 0.2) is 11.5 Å². The molecule has 0 amide bonds. The first-order chi connectivity index (χ1) is 20.7. The van der Waals surface area contributed by atoms with E-state index in [4.69, 9.17) is 18.9 Å². The molecule has 1 saturated heterocycles. The molecule has 2 aliphatic heterocycles. The highest BCUT2D eigenvalue weighted by Gasteiger charge is 2.38. The van der Waals surface area contributed by atoms with Crippen molar-refractivity contribution in [3.8, 4) is 17.2 Å². The molecular weight excluding hydrogens is 597 g/mol. The normalized spacial score (nSPS) is 18.5. The Hall–Kier alpha value is -3.32. The standard InChI is InChI=1S/C32H37F3N2O6S/c1-20(2)13-23-15-26(16-29-30(23)42-19-41-29)44(38,39)37-27(28-18-43-31(3,4)36-28)14-21-7-11-25(12-8-21)40-17-22-5-9-24(10-6-22)32(33,34)35/h5-12,15-16,20,27-28,36-37H,13-14,17-19H2,1-4H3/t27?,28-/m1/s1. The summed E-state index contributed by atoms with van der Waals surface area (Å²) in [6, 6.07) is 14.3. The van der Waals surface area contributed by atoms with Crippen molar-refractivity contribution in [1.82, 2.24) is 10.0 Å². The Balaban J connectivity index is 1.31. The average Bonchev–Trinajstić information content (AvgIpc) is 3.58. The van der Waals surface area contributed by atoms with Gasteiger partial charge in [-0.1, -0.05) is 38.1 Å². The van der Waals surface area contributed by atoms with E-state index in [1.165, 1.54) is 18.2 Å². The van der Waals surface area contributed by atoms with Crippen molar-refractivity contribution < 1.29 is 40.5 Å². The zero-order chi connectivity index (χ0) is 31.7. The molecule has 0 bridgehead atoms. The lowest BCUT2D eigenvalue weighted by molar-refractivity contribution is -0.137. The molecule has 12 heteroatoms. The fraction of sp³-hybridized carbons (Fsp3) is 0.438. The minimum atomic E-state index is -4.39. The van der Waals surface area contributed by atoms with Crippen molar-refractivity contribution in [3.63, 3.8) is 0 Å². The molecule has 0 radical (unpaired) electrons. The van der Waals surface area contributed by atoms with Crippen LogP contribution in [-0.2, 0) is 40.4 Å². The molecule has 8 nitrogen and oxygen atoms in total. The Bertz CT molecular complexity index is 1560. The van der Waals surface area contributed by atoms with E-state index >= 15 is 0 Å². The quantitative estimate of drug-likeness (QED) is 0.274. The number of benzene rings is 3. The van der Waals surface area contributed by atoms with Crippen LogP contribution in [0.2, 0.25) is 0 Å². The van der Waals surface area contributed by atoms with E-state index < -0.39 is 33.5 Å². The Labute approximate surface area is 255 Å². The monoisotopic (exact) mass is 634 g/mol. The van der Waals surface area contributed by atoms with Crippen molar-refractivity contribution in [3.05, 3.63) is 82.9 Å². The fourth-order valence-electron chi connectivity index (χ4n) is 5.31. The van der Waals surface area contributed by atoms with Crippen molar-refractivity contribution in [2.24, 2.45) is 5.92 Å². The molecule has 0 aromatic heterocycles. The van der Waals surface area contributed by atoms with Gasteiger partial charge in [0.1, 0.15) is 18.1 Å². The first kappa shape index (κ1) is 32.1. The van der Waals surface area contributed by atoms with Gasteiger partial charge >= 0.3 is 6.18 Å². The number of rotatable bonds is 11. The highest BCUT2D eigenvalue weighted by atomic mass is 32.2. The minimum Gasteiger partial charge on any atom is -0.489 e. The van der Waals surface area contributed by atoms with Gasteiger partial charge in [0.25, 0.3) is 0 Å². The first-order valence-corrected chi connectivity index (χ1v) is 15.9. The first-order valence-electron chi connectivity index (χ1n) is 14.4. The maximum Gasteiger partial charge on any atom is 0.416 e. The van der Waals surface area contributed by atoms with Crippen LogP contribution in [0.4, 0.5) is 13.2 Å². The van der Waals surface area contributed by atoms with Gasteiger partial charge in [-0.25, -0.2) is 13.1 Å². The van der Waals surface area contributed by atoms with Crippen LogP contribution < -0.4 is 24.2 Å². The third-order valence-corrected chi connectivity index (χ3v) is 8.95. The second-order valence-electron chi connectivity index (χ2n) is 12.0. The predicted molar refractivity (Wildman–Crippen MR) is 158 cm³/mol. The van der Waals surface area contributed by atoms with Crippen LogP contribution in [0.3, 0.4) is 0 Å². The topological polar surface area (TPSA) is 95.1 Å². The van der Waals surface area contributed by atoms with Gasteiger partial charge in [0, 0.05) is 18.2 Å². The molecule has 2 N–H and O–H groups in total. The molecule has 2 aliphatic rings. The Kier molecular flexibility index (Phi) is 9.18. The zero-order valence-electron chi connectivity index (χ0n) is 25.0. The summed E-state index contributed by atoms with van der Waals surface area (Å²) in [5.41, 5.74) is 0.912. The van der Waals surface area contributed by atoms with Gasteiger partial charge < -0.3 is 18.9 Å². The van der Waals surface area contributed by atoms with Crippen molar-refractivity contribution in [2.75, 3.05) is 13.4 Å². The smallest absolute Gasteiger partial charge is 0.416 e. The summed E-state index contributed by atoms with van der Waals surface area (Å²) in [5.74, 6) is 1.82. The molecule has 2 heterocycles. The fourth-order valence-corrected chi connectivity index (χ4v) is 6.65. The lowest BCUT2D eigenvalue weighted by atomic mass is 10.0. The molecule has 1 fully saturated rings. The van der Waals surface area contributed by atoms with Gasteiger partial charge in [-0.2, -0.15) is 13.2 Å². The van der Waals surface area contributed by atoms with Crippen LogP contribution in [-0.4, -0.2) is 39.6 Å². The summed E-state index contributed by atoms with van der Waals surface area (Å²) in [6.07, 6.45) is -3.39. The summed E-state index contributed by atoms with van der Waals surface area (Å²) < 4.78 is 91.8. The number of hydrogen-bond acceptors (Lipinski definition) is 7. The molecule has 0 saturated carbocycles. The summed E-state index contributed by atoms with van der Waals surface area (Å²) in [6.45, 7) is 8.34.